The average Bonchev–Trinajstić information content (AvgIpc) is 1.38. The van der Waals surface area contributed by atoms with Crippen LogP contribution in [0.4, 0.5) is 4.39 Å². The van der Waals surface area contributed by atoms with Gasteiger partial charge in [0.05, 0.1) is 0 Å². The predicted octanol–water partition coefficient (Wildman–Crippen LogP) is -0.608. The Morgan fingerprint density at radius 1 is 1.83 bits per heavy atom. The molecule has 0 radical (unpaired) electrons. The van der Waals surface area contributed by atoms with Crippen molar-refractivity contribution < 1.29 is 14.3 Å². The van der Waals surface area contributed by atoms with E-state index in [1.54, 1.807) is 0 Å². The van der Waals surface area contributed by atoms with E-state index in [0.29, 0.717) is 0 Å². The molecule has 0 saturated heterocycles. The molecule has 0 heterocycles. The first-order valence-electron chi connectivity index (χ1n) is 1.05. The minimum absolute atomic E-state index is 0. The van der Waals surface area contributed by atoms with Gasteiger partial charge < -0.3 is 5.11 Å². The zero-order valence-corrected chi connectivity index (χ0v) is 2.44. The van der Waals surface area contributed by atoms with Gasteiger partial charge in [-0.25, -0.2) is 9.18 Å². The van der Waals surface area contributed by atoms with E-state index in [0.717, 1.165) is 0 Å². The van der Waals surface area contributed by atoms with Crippen LogP contribution >= 0.6 is 0 Å². The van der Waals surface area contributed by atoms with Crippen LogP contribution in [0.2, 0.25) is 0 Å². The molecule has 0 atom stereocenters. The predicted molar refractivity (Wildman–Crippen MR) is 20.8 cm³/mol. The Labute approximate surface area is 46.5 Å². The van der Waals surface area contributed by atoms with Crippen LogP contribution in [0.3, 0.4) is 0 Å². The second kappa shape index (κ2) is 5.00. The SMILES string of the molecule is O=C(O)CF.[LiH]. The number of aliphatic carboxylic acids is 1. The van der Waals surface area contributed by atoms with Gasteiger partial charge in [-0.15, -0.1) is 0 Å². The molecule has 0 amide bonds. The Hall–Kier alpha value is -0.00260. The molecule has 0 saturated carbocycles. The Bertz CT molecular complexity index is 46.8. The number of rotatable bonds is 1. The monoisotopic (exact) mass is 86.0 g/mol. The molecule has 0 spiro atoms. The van der Waals surface area contributed by atoms with Crippen molar-refractivity contribution in [2.45, 2.75) is 0 Å². The number of carbonyl (C=O) groups is 1. The van der Waals surface area contributed by atoms with Gasteiger partial charge in [-0.3, -0.25) is 0 Å². The molecule has 0 bridgehead atoms. The molecule has 32 valence electrons. The summed E-state index contributed by atoms with van der Waals surface area (Å²) in [5.41, 5.74) is 0. The van der Waals surface area contributed by atoms with E-state index >= 15 is 0 Å². The summed E-state index contributed by atoms with van der Waals surface area (Å²) in [4.78, 5) is 8.99. The van der Waals surface area contributed by atoms with Crippen LogP contribution in [0.15, 0.2) is 0 Å². The summed E-state index contributed by atoms with van der Waals surface area (Å²) in [6.07, 6.45) is 0. The van der Waals surface area contributed by atoms with Crippen molar-refractivity contribution in [1.29, 1.82) is 0 Å². The van der Waals surface area contributed by atoms with Gasteiger partial charge in [-0.1, -0.05) is 0 Å². The Kier molecular flexibility index (Phi) is 7.81. The number of hydrogen-bond acceptors (Lipinski definition) is 1. The molecule has 0 aromatic heterocycles. The summed E-state index contributed by atoms with van der Waals surface area (Å²) in [6, 6.07) is 0. The Morgan fingerprint density at radius 2 is 2.00 bits per heavy atom. The van der Waals surface area contributed by atoms with Gasteiger partial charge in [0.2, 0.25) is 0 Å². The van der Waals surface area contributed by atoms with Crippen molar-refractivity contribution in [3.05, 3.63) is 0 Å². The average molecular weight is 86.0 g/mol. The van der Waals surface area contributed by atoms with Crippen LogP contribution in [0.25, 0.3) is 0 Å². The van der Waals surface area contributed by atoms with Crippen LogP contribution in [-0.2, 0) is 4.79 Å². The molecular formula is C2H4FLiO2. The summed E-state index contributed by atoms with van der Waals surface area (Å²) in [5.74, 6) is -1.41. The zero-order chi connectivity index (χ0) is 4.28. The van der Waals surface area contributed by atoms with Gasteiger partial charge >= 0.3 is 24.8 Å². The van der Waals surface area contributed by atoms with Crippen molar-refractivity contribution >= 4 is 24.8 Å². The molecule has 2 nitrogen and oxygen atoms in total. The van der Waals surface area contributed by atoms with Crippen molar-refractivity contribution in [2.75, 3.05) is 6.67 Å². The molecular weight excluding hydrogens is 82.0 g/mol. The van der Waals surface area contributed by atoms with Gasteiger partial charge in [0.25, 0.3) is 0 Å². The number of carboxylic acids is 1. The van der Waals surface area contributed by atoms with Gasteiger partial charge in [-0.05, 0) is 0 Å². The molecule has 0 unspecified atom stereocenters. The second-order valence-electron chi connectivity index (χ2n) is 0.527. The second-order valence-corrected chi connectivity index (χ2v) is 0.527. The summed E-state index contributed by atoms with van der Waals surface area (Å²) in [7, 11) is 0. The summed E-state index contributed by atoms with van der Waals surface area (Å²) < 4.78 is 10.5. The van der Waals surface area contributed by atoms with Crippen LogP contribution in [0.1, 0.15) is 0 Å². The fourth-order valence-electron chi connectivity index (χ4n) is 0. The van der Waals surface area contributed by atoms with Crippen molar-refractivity contribution in [1.82, 2.24) is 0 Å². The topological polar surface area (TPSA) is 37.3 Å². The molecule has 0 aliphatic carbocycles. The first-order chi connectivity index (χ1) is 2.27. The van der Waals surface area contributed by atoms with E-state index < -0.39 is 12.6 Å². The zero-order valence-electron chi connectivity index (χ0n) is 2.44. The normalized spacial score (nSPS) is 6.17. The van der Waals surface area contributed by atoms with E-state index in [9.17, 15) is 4.39 Å². The number of hydrogen-bond donors (Lipinski definition) is 1. The van der Waals surface area contributed by atoms with Crippen molar-refractivity contribution in [3.63, 3.8) is 0 Å². The molecule has 0 fully saturated rings. The van der Waals surface area contributed by atoms with Gasteiger partial charge in [-0.2, -0.15) is 0 Å². The maximum atomic E-state index is 10.5. The molecule has 0 aromatic rings. The first-order valence-corrected chi connectivity index (χ1v) is 1.05. The quantitative estimate of drug-likeness (QED) is 0.432. The third-order valence-electron chi connectivity index (χ3n) is 0.114. The van der Waals surface area contributed by atoms with Crippen LogP contribution in [0.5, 0.6) is 0 Å². The third kappa shape index (κ3) is 9.00. The number of alkyl halides is 1. The molecule has 0 aliphatic heterocycles. The molecule has 0 aromatic carbocycles. The van der Waals surface area contributed by atoms with Gasteiger partial charge in [0, 0.05) is 0 Å². The van der Waals surface area contributed by atoms with Crippen molar-refractivity contribution in [2.24, 2.45) is 0 Å². The van der Waals surface area contributed by atoms with Crippen LogP contribution < -0.4 is 0 Å². The van der Waals surface area contributed by atoms with Crippen molar-refractivity contribution in [3.8, 4) is 0 Å². The first kappa shape index (κ1) is 9.37. The number of halogens is 1. The van der Waals surface area contributed by atoms with E-state index in [1.807, 2.05) is 0 Å². The van der Waals surface area contributed by atoms with E-state index in [-0.39, 0.29) is 18.9 Å². The standard InChI is InChI=1S/C2H3FO2.Li.H/c3-1-2(4)5;;/h1H2,(H,4,5);;. The van der Waals surface area contributed by atoms with Crippen LogP contribution in [-0.4, -0.2) is 36.6 Å². The molecule has 0 aliphatic rings. The summed E-state index contributed by atoms with van der Waals surface area (Å²) in [5, 5.41) is 7.35. The van der Waals surface area contributed by atoms with Gasteiger partial charge in [0.1, 0.15) is 0 Å². The Morgan fingerprint density at radius 3 is 2.00 bits per heavy atom. The minimum atomic E-state index is -1.41. The summed E-state index contributed by atoms with van der Waals surface area (Å²) in [6.45, 7) is -1.28. The fraction of sp³-hybridized carbons (Fsp3) is 0.500. The molecule has 1 N–H and O–H groups in total. The maximum absolute atomic E-state index is 10.5. The summed E-state index contributed by atoms with van der Waals surface area (Å²) >= 11 is 0. The van der Waals surface area contributed by atoms with Crippen LogP contribution in [0, 0.1) is 0 Å². The number of carboxylic acid groups (broad SMARTS) is 1. The Balaban J connectivity index is 0. The molecule has 4 heteroatoms. The third-order valence-corrected chi connectivity index (χ3v) is 0.114. The van der Waals surface area contributed by atoms with E-state index in [1.165, 1.54) is 0 Å². The molecule has 0 rings (SSSR count). The van der Waals surface area contributed by atoms with E-state index in [2.05, 4.69) is 0 Å². The fourth-order valence-corrected chi connectivity index (χ4v) is 0. The van der Waals surface area contributed by atoms with E-state index in [4.69, 9.17) is 9.90 Å². The van der Waals surface area contributed by atoms with Gasteiger partial charge in [0.15, 0.2) is 6.67 Å². The molecule has 6 heavy (non-hydrogen) atoms.